The molecule has 0 saturated heterocycles. The van der Waals surface area contributed by atoms with Crippen LogP contribution in [0.5, 0.6) is 0 Å². The Bertz CT molecular complexity index is 559. The van der Waals surface area contributed by atoms with Gasteiger partial charge in [0, 0.05) is 19.3 Å². The highest BCUT2D eigenvalue weighted by Crippen LogP contribution is 2.09. The van der Waals surface area contributed by atoms with E-state index in [-0.39, 0.29) is 24.1 Å². The third-order valence-corrected chi connectivity index (χ3v) is 3.58. The van der Waals surface area contributed by atoms with Gasteiger partial charge in [-0.15, -0.1) is 11.3 Å². The molecule has 1 rings (SSSR count). The Hall–Kier alpha value is -1.86. The molecule has 0 spiro atoms. The predicted molar refractivity (Wildman–Crippen MR) is 89.6 cm³/mol. The summed E-state index contributed by atoms with van der Waals surface area (Å²) in [6.45, 7) is 5.71. The van der Waals surface area contributed by atoms with E-state index in [4.69, 9.17) is 4.74 Å². The van der Waals surface area contributed by atoms with Crippen molar-refractivity contribution in [1.29, 1.82) is 0 Å². The Morgan fingerprint density at radius 3 is 2.73 bits per heavy atom. The van der Waals surface area contributed by atoms with Crippen LogP contribution in [0.15, 0.2) is 29.7 Å². The van der Waals surface area contributed by atoms with Crippen LogP contribution in [-0.2, 0) is 14.3 Å². The molecule has 0 amide bonds. The van der Waals surface area contributed by atoms with Gasteiger partial charge in [0.1, 0.15) is 11.9 Å². The monoisotopic (exact) mass is 318 g/mol. The maximum atomic E-state index is 11.8. The number of esters is 1. The van der Waals surface area contributed by atoms with Crippen molar-refractivity contribution in [2.45, 2.75) is 46.1 Å². The average molecular weight is 318 g/mol. The van der Waals surface area contributed by atoms with Gasteiger partial charge in [-0.05, 0) is 29.5 Å². The molecule has 1 heterocycles. The first-order valence-electron chi connectivity index (χ1n) is 7.44. The molecule has 1 atom stereocenters. The van der Waals surface area contributed by atoms with Crippen LogP contribution in [0, 0.1) is 17.8 Å². The number of Topliss-reactive ketones (excluding diaryl/α,β-unsaturated/α-hetero) is 1. The smallest absolute Gasteiger partial charge is 0.306 e. The molecule has 0 N–H and O–H groups in total. The number of rotatable bonds is 7. The molecule has 0 saturated carbocycles. The number of carbonyl (C=O) groups is 2. The normalized spacial score (nSPS) is 12.0. The standard InChI is InChI=1S/C18H22O3S/c1-4-15(19)13-16(21-18(20)12-14(2)3)8-5-6-9-17-10-7-11-22-17/h5,7-8,10-11,14,16H,4,12-13H2,1-3H3/b8-5+/t16-/m0/s1. The van der Waals surface area contributed by atoms with Crippen LogP contribution in [0.25, 0.3) is 0 Å². The van der Waals surface area contributed by atoms with E-state index in [1.165, 1.54) is 0 Å². The summed E-state index contributed by atoms with van der Waals surface area (Å²) in [7, 11) is 0. The van der Waals surface area contributed by atoms with Crippen molar-refractivity contribution in [3.63, 3.8) is 0 Å². The number of allylic oxidation sites excluding steroid dienone is 1. The van der Waals surface area contributed by atoms with Crippen molar-refractivity contribution in [2.24, 2.45) is 5.92 Å². The van der Waals surface area contributed by atoms with Crippen LogP contribution >= 0.6 is 11.3 Å². The second-order valence-corrected chi connectivity index (χ2v) is 6.28. The third-order valence-electron chi connectivity index (χ3n) is 2.79. The number of carbonyl (C=O) groups excluding carboxylic acids is 2. The van der Waals surface area contributed by atoms with Crippen molar-refractivity contribution < 1.29 is 14.3 Å². The fraction of sp³-hybridized carbons (Fsp3) is 0.444. The summed E-state index contributed by atoms with van der Waals surface area (Å²) in [4.78, 5) is 24.3. The molecule has 0 aliphatic carbocycles. The second-order valence-electron chi connectivity index (χ2n) is 5.33. The lowest BCUT2D eigenvalue weighted by Crippen LogP contribution is -2.20. The van der Waals surface area contributed by atoms with Gasteiger partial charge in [0.15, 0.2) is 0 Å². The molecular formula is C18H22O3S. The summed E-state index contributed by atoms with van der Waals surface area (Å²) >= 11 is 1.57. The van der Waals surface area contributed by atoms with E-state index in [1.807, 2.05) is 31.4 Å². The Kier molecular flexibility index (Phi) is 8.24. The van der Waals surface area contributed by atoms with Crippen molar-refractivity contribution in [1.82, 2.24) is 0 Å². The zero-order valence-electron chi connectivity index (χ0n) is 13.3. The fourth-order valence-corrected chi connectivity index (χ4v) is 2.26. The Morgan fingerprint density at radius 1 is 1.36 bits per heavy atom. The van der Waals surface area contributed by atoms with Crippen LogP contribution in [0.1, 0.15) is 44.9 Å². The molecule has 3 nitrogen and oxygen atoms in total. The number of hydrogen-bond donors (Lipinski definition) is 0. The highest BCUT2D eigenvalue weighted by atomic mass is 32.1. The Labute approximate surface area is 136 Å². The first kappa shape index (κ1) is 18.2. The van der Waals surface area contributed by atoms with Crippen molar-refractivity contribution >= 4 is 23.1 Å². The number of ether oxygens (including phenoxy) is 1. The lowest BCUT2D eigenvalue weighted by atomic mass is 10.1. The first-order chi connectivity index (χ1) is 10.5. The minimum Gasteiger partial charge on any atom is -0.458 e. The van der Waals surface area contributed by atoms with E-state index < -0.39 is 6.10 Å². The van der Waals surface area contributed by atoms with E-state index >= 15 is 0 Å². The van der Waals surface area contributed by atoms with Crippen LogP contribution < -0.4 is 0 Å². The van der Waals surface area contributed by atoms with Gasteiger partial charge in [-0.25, -0.2) is 0 Å². The van der Waals surface area contributed by atoms with Crippen molar-refractivity contribution in [3.8, 4) is 11.8 Å². The summed E-state index contributed by atoms with van der Waals surface area (Å²) in [6, 6.07) is 3.88. The topological polar surface area (TPSA) is 43.4 Å². The molecule has 1 aromatic heterocycles. The highest BCUT2D eigenvalue weighted by Gasteiger charge is 2.15. The van der Waals surface area contributed by atoms with Gasteiger partial charge in [0.05, 0.1) is 4.88 Å². The SMILES string of the molecule is CCC(=O)C[C@H](/C=C/C#Cc1cccs1)OC(=O)CC(C)C. The maximum Gasteiger partial charge on any atom is 0.306 e. The molecule has 0 aliphatic heterocycles. The fourth-order valence-electron chi connectivity index (χ4n) is 1.69. The molecule has 118 valence electrons. The maximum absolute atomic E-state index is 11.8. The van der Waals surface area contributed by atoms with Gasteiger partial charge in [0.2, 0.25) is 0 Å². The summed E-state index contributed by atoms with van der Waals surface area (Å²) in [5, 5.41) is 1.96. The lowest BCUT2D eigenvalue weighted by Gasteiger charge is -2.14. The minimum atomic E-state index is -0.531. The Balaban J connectivity index is 2.64. The number of ketones is 1. The van der Waals surface area contributed by atoms with E-state index in [1.54, 1.807) is 30.4 Å². The van der Waals surface area contributed by atoms with Gasteiger partial charge < -0.3 is 4.74 Å². The molecule has 0 radical (unpaired) electrons. The quantitative estimate of drug-likeness (QED) is 0.564. The lowest BCUT2D eigenvalue weighted by molar-refractivity contribution is -0.148. The van der Waals surface area contributed by atoms with E-state index in [2.05, 4.69) is 11.8 Å². The largest absolute Gasteiger partial charge is 0.458 e. The molecule has 0 aromatic carbocycles. The third kappa shape index (κ3) is 7.80. The highest BCUT2D eigenvalue weighted by molar-refractivity contribution is 7.10. The van der Waals surface area contributed by atoms with Crippen LogP contribution in [-0.4, -0.2) is 17.9 Å². The molecule has 22 heavy (non-hydrogen) atoms. The van der Waals surface area contributed by atoms with Crippen molar-refractivity contribution in [3.05, 3.63) is 34.5 Å². The molecule has 0 bridgehead atoms. The number of thiophene rings is 1. The van der Waals surface area contributed by atoms with E-state index in [0.717, 1.165) is 4.88 Å². The van der Waals surface area contributed by atoms with Gasteiger partial charge >= 0.3 is 5.97 Å². The predicted octanol–water partition coefficient (Wildman–Crippen LogP) is 3.98. The minimum absolute atomic E-state index is 0.0678. The van der Waals surface area contributed by atoms with E-state index in [9.17, 15) is 9.59 Å². The molecule has 1 aromatic rings. The van der Waals surface area contributed by atoms with E-state index in [0.29, 0.717) is 12.8 Å². The van der Waals surface area contributed by atoms with Gasteiger partial charge in [-0.2, -0.15) is 0 Å². The summed E-state index contributed by atoms with van der Waals surface area (Å²) in [6.07, 6.45) is 3.80. The summed E-state index contributed by atoms with van der Waals surface area (Å²) < 4.78 is 5.36. The molecule has 0 fully saturated rings. The summed E-state index contributed by atoms with van der Waals surface area (Å²) in [5.41, 5.74) is 0. The molecule has 0 aliphatic rings. The van der Waals surface area contributed by atoms with Gasteiger partial charge in [-0.3, -0.25) is 9.59 Å². The van der Waals surface area contributed by atoms with Gasteiger partial charge in [0.25, 0.3) is 0 Å². The summed E-state index contributed by atoms with van der Waals surface area (Å²) in [5.74, 6) is 5.91. The van der Waals surface area contributed by atoms with Crippen molar-refractivity contribution in [2.75, 3.05) is 0 Å². The zero-order valence-corrected chi connectivity index (χ0v) is 14.1. The Morgan fingerprint density at radius 2 is 2.14 bits per heavy atom. The van der Waals surface area contributed by atoms with Crippen LogP contribution in [0.2, 0.25) is 0 Å². The first-order valence-corrected chi connectivity index (χ1v) is 8.32. The zero-order chi connectivity index (χ0) is 16.4. The van der Waals surface area contributed by atoms with Gasteiger partial charge in [-0.1, -0.05) is 38.7 Å². The number of hydrogen-bond acceptors (Lipinski definition) is 4. The molecule has 4 heteroatoms. The molecular weight excluding hydrogens is 296 g/mol. The molecule has 0 unspecified atom stereocenters. The second kappa shape index (κ2) is 9.97. The van der Waals surface area contributed by atoms with Crippen LogP contribution in [0.3, 0.4) is 0 Å². The van der Waals surface area contributed by atoms with Crippen LogP contribution in [0.4, 0.5) is 0 Å². The average Bonchev–Trinajstić information content (AvgIpc) is 2.95.